The molecule has 0 heterocycles. The van der Waals surface area contributed by atoms with Gasteiger partial charge in [0.25, 0.3) is 11.6 Å². The first-order valence-corrected chi connectivity index (χ1v) is 7.27. The number of hydrogen-bond donors (Lipinski definition) is 0. The summed E-state index contributed by atoms with van der Waals surface area (Å²) >= 11 is 0. The first kappa shape index (κ1) is 18.4. The van der Waals surface area contributed by atoms with E-state index in [1.807, 2.05) is 0 Å². The van der Waals surface area contributed by atoms with Crippen LogP contribution in [0.3, 0.4) is 0 Å². The molecular formula is C17H15F3N2O3. The number of rotatable bonds is 4. The van der Waals surface area contributed by atoms with Crippen molar-refractivity contribution in [2.75, 3.05) is 7.05 Å². The number of hydrogen-bond acceptors (Lipinski definition) is 3. The maximum atomic E-state index is 12.8. The summed E-state index contributed by atoms with van der Waals surface area (Å²) in [6, 6.07) is 8.83. The SMILES string of the molecule is Cc1c(C(=O)N(C)Cc2cccc(C(F)(F)F)c2)cccc1[N+](=O)[O-]. The van der Waals surface area contributed by atoms with Crippen LogP contribution in [0.1, 0.15) is 27.0 Å². The van der Waals surface area contributed by atoms with E-state index in [0.717, 1.165) is 12.1 Å². The van der Waals surface area contributed by atoms with Crippen molar-refractivity contribution in [3.05, 3.63) is 74.8 Å². The number of carbonyl (C=O) groups is 1. The van der Waals surface area contributed by atoms with Gasteiger partial charge in [-0.2, -0.15) is 13.2 Å². The number of benzene rings is 2. The molecular weight excluding hydrogens is 337 g/mol. The second kappa shape index (κ2) is 6.92. The summed E-state index contributed by atoms with van der Waals surface area (Å²) in [6.07, 6.45) is -4.46. The molecule has 0 aliphatic heterocycles. The minimum Gasteiger partial charge on any atom is -0.337 e. The number of carbonyl (C=O) groups excluding carboxylic acids is 1. The van der Waals surface area contributed by atoms with Crippen molar-refractivity contribution in [2.24, 2.45) is 0 Å². The fraction of sp³-hybridized carbons (Fsp3) is 0.235. The first-order chi connectivity index (χ1) is 11.6. The smallest absolute Gasteiger partial charge is 0.337 e. The fourth-order valence-electron chi connectivity index (χ4n) is 2.45. The molecule has 0 radical (unpaired) electrons. The molecule has 0 aromatic heterocycles. The highest BCUT2D eigenvalue weighted by atomic mass is 19.4. The van der Waals surface area contributed by atoms with Crippen molar-refractivity contribution in [1.82, 2.24) is 4.90 Å². The molecule has 0 fully saturated rings. The molecule has 0 atom stereocenters. The van der Waals surface area contributed by atoms with E-state index >= 15 is 0 Å². The summed E-state index contributed by atoms with van der Waals surface area (Å²) in [6.45, 7) is 1.41. The lowest BCUT2D eigenvalue weighted by atomic mass is 10.0. The van der Waals surface area contributed by atoms with Crippen LogP contribution in [0.5, 0.6) is 0 Å². The number of amides is 1. The molecule has 132 valence electrons. The molecule has 25 heavy (non-hydrogen) atoms. The van der Waals surface area contributed by atoms with Crippen molar-refractivity contribution < 1.29 is 22.9 Å². The van der Waals surface area contributed by atoms with Gasteiger partial charge in [-0.05, 0) is 30.7 Å². The van der Waals surface area contributed by atoms with E-state index in [0.29, 0.717) is 5.56 Å². The molecule has 5 nitrogen and oxygen atoms in total. The zero-order valence-electron chi connectivity index (χ0n) is 13.5. The number of alkyl halides is 3. The van der Waals surface area contributed by atoms with E-state index in [-0.39, 0.29) is 23.4 Å². The van der Waals surface area contributed by atoms with Gasteiger partial charge in [0.15, 0.2) is 0 Å². The zero-order valence-corrected chi connectivity index (χ0v) is 13.5. The minimum atomic E-state index is -4.46. The molecule has 0 aliphatic rings. The van der Waals surface area contributed by atoms with Gasteiger partial charge in [-0.3, -0.25) is 14.9 Å². The molecule has 2 aromatic rings. The molecule has 0 saturated heterocycles. The zero-order chi connectivity index (χ0) is 18.8. The summed E-state index contributed by atoms with van der Waals surface area (Å²) < 4.78 is 38.3. The Morgan fingerprint density at radius 1 is 1.20 bits per heavy atom. The highest BCUT2D eigenvalue weighted by Crippen LogP contribution is 2.30. The maximum absolute atomic E-state index is 12.8. The van der Waals surface area contributed by atoms with E-state index in [1.165, 1.54) is 49.2 Å². The number of nitro groups is 1. The molecule has 0 saturated carbocycles. The van der Waals surface area contributed by atoms with E-state index in [4.69, 9.17) is 0 Å². The predicted molar refractivity (Wildman–Crippen MR) is 85.1 cm³/mol. The summed E-state index contributed by atoms with van der Waals surface area (Å²) in [7, 11) is 1.43. The normalized spacial score (nSPS) is 11.2. The van der Waals surface area contributed by atoms with Gasteiger partial charge in [0.1, 0.15) is 0 Å². The fourth-order valence-corrected chi connectivity index (χ4v) is 2.45. The van der Waals surface area contributed by atoms with Crippen LogP contribution in [0.4, 0.5) is 18.9 Å². The average molecular weight is 352 g/mol. The molecule has 0 spiro atoms. The molecule has 0 N–H and O–H groups in total. The average Bonchev–Trinajstić information content (AvgIpc) is 2.53. The monoisotopic (exact) mass is 352 g/mol. The van der Waals surface area contributed by atoms with Crippen LogP contribution < -0.4 is 0 Å². The first-order valence-electron chi connectivity index (χ1n) is 7.27. The Balaban J connectivity index is 2.25. The van der Waals surface area contributed by atoms with Crippen molar-refractivity contribution in [3.63, 3.8) is 0 Å². The van der Waals surface area contributed by atoms with Gasteiger partial charge in [-0.25, -0.2) is 0 Å². The maximum Gasteiger partial charge on any atom is 0.416 e. The molecule has 8 heteroatoms. The lowest BCUT2D eigenvalue weighted by Gasteiger charge is -2.19. The van der Waals surface area contributed by atoms with Gasteiger partial charge in [0, 0.05) is 30.8 Å². The number of nitro benzene ring substituents is 1. The van der Waals surface area contributed by atoms with E-state index < -0.39 is 22.6 Å². The van der Waals surface area contributed by atoms with Crippen molar-refractivity contribution in [3.8, 4) is 0 Å². The minimum absolute atomic E-state index is 0.0507. The van der Waals surface area contributed by atoms with Crippen LogP contribution in [0, 0.1) is 17.0 Å². The summed E-state index contributed by atoms with van der Waals surface area (Å²) in [4.78, 5) is 24.1. The summed E-state index contributed by atoms with van der Waals surface area (Å²) in [5, 5.41) is 11.0. The highest BCUT2D eigenvalue weighted by molar-refractivity contribution is 5.96. The molecule has 0 bridgehead atoms. The lowest BCUT2D eigenvalue weighted by molar-refractivity contribution is -0.385. The number of halogens is 3. The third-order valence-electron chi connectivity index (χ3n) is 3.75. The standard InChI is InChI=1S/C17H15F3N2O3/c1-11-14(7-4-8-15(11)22(24)25)16(23)21(2)10-12-5-3-6-13(9-12)17(18,19)20/h3-9H,10H2,1-2H3. The Kier molecular flexibility index (Phi) is 5.10. The Bertz CT molecular complexity index is 819. The van der Waals surface area contributed by atoms with Gasteiger partial charge in [-0.15, -0.1) is 0 Å². The van der Waals surface area contributed by atoms with Gasteiger partial charge in [0.05, 0.1) is 10.5 Å². The van der Waals surface area contributed by atoms with Crippen LogP contribution in [0.15, 0.2) is 42.5 Å². The van der Waals surface area contributed by atoms with Crippen molar-refractivity contribution in [1.29, 1.82) is 0 Å². The third kappa shape index (κ3) is 4.14. The quantitative estimate of drug-likeness (QED) is 0.612. The Morgan fingerprint density at radius 3 is 2.44 bits per heavy atom. The Labute approximate surface area is 141 Å². The highest BCUT2D eigenvalue weighted by Gasteiger charge is 2.30. The van der Waals surface area contributed by atoms with Crippen molar-refractivity contribution >= 4 is 11.6 Å². The topological polar surface area (TPSA) is 63.5 Å². The molecule has 0 unspecified atom stereocenters. The third-order valence-corrected chi connectivity index (χ3v) is 3.75. The van der Waals surface area contributed by atoms with Crippen LogP contribution in [0.2, 0.25) is 0 Å². The van der Waals surface area contributed by atoms with E-state index in [2.05, 4.69) is 0 Å². The van der Waals surface area contributed by atoms with Gasteiger partial charge in [-0.1, -0.05) is 18.2 Å². The number of nitrogens with zero attached hydrogens (tertiary/aromatic N) is 2. The molecule has 1 amide bonds. The van der Waals surface area contributed by atoms with Crippen LogP contribution in [0.25, 0.3) is 0 Å². The Hall–Kier alpha value is -2.90. The Morgan fingerprint density at radius 2 is 1.84 bits per heavy atom. The molecule has 2 aromatic carbocycles. The summed E-state index contributed by atoms with van der Waals surface area (Å²) in [5.74, 6) is -0.501. The van der Waals surface area contributed by atoms with Crippen molar-refractivity contribution in [2.45, 2.75) is 19.6 Å². The van der Waals surface area contributed by atoms with E-state index in [1.54, 1.807) is 0 Å². The molecule has 0 aliphatic carbocycles. The second-order valence-electron chi connectivity index (χ2n) is 5.57. The van der Waals surface area contributed by atoms with Crippen LogP contribution >= 0.6 is 0 Å². The van der Waals surface area contributed by atoms with E-state index in [9.17, 15) is 28.1 Å². The largest absolute Gasteiger partial charge is 0.416 e. The van der Waals surface area contributed by atoms with Crippen LogP contribution in [-0.2, 0) is 12.7 Å². The van der Waals surface area contributed by atoms with Gasteiger partial charge in [0.2, 0.25) is 0 Å². The van der Waals surface area contributed by atoms with Gasteiger partial charge >= 0.3 is 6.18 Å². The van der Waals surface area contributed by atoms with Crippen LogP contribution in [-0.4, -0.2) is 22.8 Å². The second-order valence-corrected chi connectivity index (χ2v) is 5.57. The summed E-state index contributed by atoms with van der Waals surface area (Å²) in [5.41, 5.74) is -0.304. The lowest BCUT2D eigenvalue weighted by Crippen LogP contribution is -2.27. The van der Waals surface area contributed by atoms with Gasteiger partial charge < -0.3 is 4.90 Å². The molecule has 2 rings (SSSR count). The predicted octanol–water partition coefficient (Wildman–Crippen LogP) is 4.19.